The van der Waals surface area contributed by atoms with Gasteiger partial charge in [-0.05, 0) is 68.2 Å². The van der Waals surface area contributed by atoms with Crippen LogP contribution in [0.4, 0.5) is 5.69 Å². The molecular weight excluding hydrogens is 398 g/mol. The number of likely N-dealkylation sites (tertiary alicyclic amines) is 1. The van der Waals surface area contributed by atoms with Gasteiger partial charge in [0.25, 0.3) is 11.8 Å². The van der Waals surface area contributed by atoms with Crippen LogP contribution in [0.2, 0.25) is 0 Å². The first-order valence-corrected chi connectivity index (χ1v) is 11.1. The van der Waals surface area contributed by atoms with Crippen molar-refractivity contribution in [3.63, 3.8) is 0 Å². The van der Waals surface area contributed by atoms with Crippen molar-refractivity contribution in [2.75, 3.05) is 18.4 Å². The van der Waals surface area contributed by atoms with Gasteiger partial charge in [0.05, 0.1) is 11.3 Å². The summed E-state index contributed by atoms with van der Waals surface area (Å²) in [5.74, 6) is -0.450. The molecule has 1 heterocycles. The van der Waals surface area contributed by atoms with Crippen LogP contribution in [0.5, 0.6) is 0 Å². The molecule has 3 aromatic rings. The zero-order valence-electron chi connectivity index (χ0n) is 18.4. The molecule has 0 spiro atoms. The molecule has 3 aromatic carbocycles. The quantitative estimate of drug-likeness (QED) is 0.571. The first-order chi connectivity index (χ1) is 15.6. The predicted molar refractivity (Wildman–Crippen MR) is 128 cm³/mol. The summed E-state index contributed by atoms with van der Waals surface area (Å²) in [6, 6.07) is 22.8. The SMILES string of the molecule is Cc1cccc(C(=O)Nc2ccccc2C(=O)NCc2ccc(CN3CCCC3)cc2)c1. The van der Waals surface area contributed by atoms with E-state index >= 15 is 0 Å². The largest absolute Gasteiger partial charge is 0.348 e. The number of carbonyl (C=O) groups excluding carboxylic acids is 2. The number of rotatable bonds is 7. The van der Waals surface area contributed by atoms with Crippen LogP contribution in [-0.4, -0.2) is 29.8 Å². The van der Waals surface area contributed by atoms with Gasteiger partial charge >= 0.3 is 0 Å². The van der Waals surface area contributed by atoms with Crippen LogP contribution in [0.15, 0.2) is 72.8 Å². The van der Waals surface area contributed by atoms with Crippen LogP contribution in [0.1, 0.15) is 50.2 Å². The molecule has 32 heavy (non-hydrogen) atoms. The molecule has 0 atom stereocenters. The lowest BCUT2D eigenvalue weighted by Gasteiger charge is -2.15. The molecule has 0 unspecified atom stereocenters. The molecule has 1 aliphatic rings. The van der Waals surface area contributed by atoms with Crippen molar-refractivity contribution in [3.05, 3.63) is 101 Å². The van der Waals surface area contributed by atoms with E-state index in [0.29, 0.717) is 23.4 Å². The summed E-state index contributed by atoms with van der Waals surface area (Å²) in [5, 5.41) is 5.84. The van der Waals surface area contributed by atoms with Crippen molar-refractivity contribution in [2.24, 2.45) is 0 Å². The lowest BCUT2D eigenvalue weighted by atomic mass is 10.1. The lowest BCUT2D eigenvalue weighted by molar-refractivity contribution is 0.0952. The van der Waals surface area contributed by atoms with E-state index < -0.39 is 0 Å². The minimum Gasteiger partial charge on any atom is -0.348 e. The lowest BCUT2D eigenvalue weighted by Crippen LogP contribution is -2.25. The Balaban J connectivity index is 1.37. The van der Waals surface area contributed by atoms with Gasteiger partial charge in [-0.1, -0.05) is 54.1 Å². The number of hydrogen-bond donors (Lipinski definition) is 2. The van der Waals surface area contributed by atoms with E-state index in [1.54, 1.807) is 24.3 Å². The number of hydrogen-bond acceptors (Lipinski definition) is 3. The summed E-state index contributed by atoms with van der Waals surface area (Å²) in [6.45, 7) is 5.72. The van der Waals surface area contributed by atoms with E-state index in [-0.39, 0.29) is 11.8 Å². The summed E-state index contributed by atoms with van der Waals surface area (Å²) in [7, 11) is 0. The standard InChI is InChI=1S/C27H29N3O2/c1-20-7-6-8-23(17-20)26(31)29-25-10-3-2-9-24(25)27(32)28-18-21-11-13-22(14-12-21)19-30-15-4-5-16-30/h2-3,6-14,17H,4-5,15-16,18-19H2,1H3,(H,28,32)(H,29,31). The first-order valence-electron chi connectivity index (χ1n) is 11.1. The Morgan fingerprint density at radius 3 is 2.31 bits per heavy atom. The Labute approximate surface area is 189 Å². The summed E-state index contributed by atoms with van der Waals surface area (Å²) >= 11 is 0. The highest BCUT2D eigenvalue weighted by molar-refractivity contribution is 6.09. The monoisotopic (exact) mass is 427 g/mol. The molecule has 164 valence electrons. The number of nitrogens with one attached hydrogen (secondary N) is 2. The van der Waals surface area contributed by atoms with E-state index in [9.17, 15) is 9.59 Å². The van der Waals surface area contributed by atoms with Gasteiger partial charge in [0.1, 0.15) is 0 Å². The van der Waals surface area contributed by atoms with E-state index in [0.717, 1.165) is 17.7 Å². The average Bonchev–Trinajstić information content (AvgIpc) is 3.32. The van der Waals surface area contributed by atoms with Crippen LogP contribution < -0.4 is 10.6 Å². The number of para-hydroxylation sites is 1. The molecule has 5 heteroatoms. The first kappa shape index (κ1) is 21.8. The van der Waals surface area contributed by atoms with E-state index in [1.165, 1.54) is 31.5 Å². The van der Waals surface area contributed by atoms with Crippen molar-refractivity contribution in [1.82, 2.24) is 10.2 Å². The van der Waals surface area contributed by atoms with Crippen LogP contribution in [0, 0.1) is 6.92 Å². The van der Waals surface area contributed by atoms with Crippen molar-refractivity contribution in [1.29, 1.82) is 0 Å². The third kappa shape index (κ3) is 5.62. The molecular formula is C27H29N3O2. The highest BCUT2D eigenvalue weighted by Gasteiger charge is 2.15. The minimum atomic E-state index is -0.234. The summed E-state index contributed by atoms with van der Waals surface area (Å²) in [6.07, 6.45) is 2.58. The maximum atomic E-state index is 12.8. The molecule has 0 radical (unpaired) electrons. The molecule has 5 nitrogen and oxygen atoms in total. The van der Waals surface area contributed by atoms with Crippen LogP contribution in [0.25, 0.3) is 0 Å². The molecule has 0 aromatic heterocycles. The molecule has 1 aliphatic heterocycles. The Morgan fingerprint density at radius 2 is 1.56 bits per heavy atom. The summed E-state index contributed by atoms with van der Waals surface area (Å²) in [5.41, 5.74) is 4.86. The fourth-order valence-electron chi connectivity index (χ4n) is 4.01. The van der Waals surface area contributed by atoms with Gasteiger partial charge in [-0.25, -0.2) is 0 Å². The molecule has 1 saturated heterocycles. The third-order valence-corrected chi connectivity index (χ3v) is 5.78. The maximum absolute atomic E-state index is 12.8. The molecule has 0 aliphatic carbocycles. The zero-order valence-corrected chi connectivity index (χ0v) is 18.4. The number of carbonyl (C=O) groups is 2. The van der Waals surface area contributed by atoms with Crippen LogP contribution >= 0.6 is 0 Å². The summed E-state index contributed by atoms with van der Waals surface area (Å²) < 4.78 is 0. The van der Waals surface area contributed by atoms with Crippen molar-refractivity contribution < 1.29 is 9.59 Å². The predicted octanol–water partition coefficient (Wildman–Crippen LogP) is 4.77. The minimum absolute atomic E-state index is 0.216. The van der Waals surface area contributed by atoms with Gasteiger partial charge in [0.15, 0.2) is 0 Å². The van der Waals surface area contributed by atoms with Gasteiger partial charge in [0.2, 0.25) is 0 Å². The second-order valence-corrected chi connectivity index (χ2v) is 8.35. The Bertz CT molecular complexity index is 1090. The highest BCUT2D eigenvalue weighted by atomic mass is 16.2. The average molecular weight is 428 g/mol. The molecule has 4 rings (SSSR count). The molecule has 2 N–H and O–H groups in total. The second-order valence-electron chi connectivity index (χ2n) is 8.35. The van der Waals surface area contributed by atoms with Crippen molar-refractivity contribution in [2.45, 2.75) is 32.9 Å². The van der Waals surface area contributed by atoms with Gasteiger partial charge in [-0.3, -0.25) is 14.5 Å². The van der Waals surface area contributed by atoms with Gasteiger partial charge in [-0.15, -0.1) is 0 Å². The zero-order chi connectivity index (χ0) is 22.3. The van der Waals surface area contributed by atoms with Crippen LogP contribution in [0.3, 0.4) is 0 Å². The fourth-order valence-corrected chi connectivity index (χ4v) is 4.01. The van der Waals surface area contributed by atoms with Gasteiger partial charge in [0, 0.05) is 18.7 Å². The molecule has 1 fully saturated rings. The molecule has 2 amide bonds. The number of nitrogens with zero attached hydrogens (tertiary/aromatic N) is 1. The number of aryl methyl sites for hydroxylation is 1. The van der Waals surface area contributed by atoms with E-state index in [4.69, 9.17) is 0 Å². The molecule has 0 saturated carbocycles. The van der Waals surface area contributed by atoms with Gasteiger partial charge < -0.3 is 10.6 Å². The smallest absolute Gasteiger partial charge is 0.255 e. The summed E-state index contributed by atoms with van der Waals surface area (Å²) in [4.78, 5) is 27.9. The topological polar surface area (TPSA) is 61.4 Å². The third-order valence-electron chi connectivity index (χ3n) is 5.78. The molecule has 0 bridgehead atoms. The van der Waals surface area contributed by atoms with Gasteiger partial charge in [-0.2, -0.15) is 0 Å². The van der Waals surface area contributed by atoms with Crippen LogP contribution in [-0.2, 0) is 13.1 Å². The highest BCUT2D eigenvalue weighted by Crippen LogP contribution is 2.18. The van der Waals surface area contributed by atoms with Crippen molar-refractivity contribution >= 4 is 17.5 Å². The number of anilines is 1. The maximum Gasteiger partial charge on any atom is 0.255 e. The Morgan fingerprint density at radius 1 is 0.844 bits per heavy atom. The van der Waals surface area contributed by atoms with E-state index in [2.05, 4.69) is 39.8 Å². The Kier molecular flexibility index (Phi) is 6.97. The number of amides is 2. The van der Waals surface area contributed by atoms with Crippen molar-refractivity contribution in [3.8, 4) is 0 Å². The Hall–Kier alpha value is -3.44. The second kappa shape index (κ2) is 10.2. The number of benzene rings is 3. The normalized spacial score (nSPS) is 13.7. The fraction of sp³-hybridized carbons (Fsp3) is 0.259. The van der Waals surface area contributed by atoms with E-state index in [1.807, 2.05) is 31.2 Å².